The predicted molar refractivity (Wildman–Crippen MR) is 86.3 cm³/mol. The zero-order valence-corrected chi connectivity index (χ0v) is 13.6. The van der Waals surface area contributed by atoms with Crippen LogP contribution in [0.2, 0.25) is 0 Å². The minimum absolute atomic E-state index is 0.0595. The molecule has 2 aliphatic heterocycles. The van der Waals surface area contributed by atoms with Gasteiger partial charge in [0.05, 0.1) is 36.1 Å². The first-order valence-electron chi connectivity index (χ1n) is 7.80. The van der Waals surface area contributed by atoms with Crippen molar-refractivity contribution in [3.8, 4) is 11.3 Å². The zero-order chi connectivity index (χ0) is 16.2. The number of fused-ring (bicyclic) bond motifs is 3. The van der Waals surface area contributed by atoms with Crippen LogP contribution in [0.5, 0.6) is 0 Å². The van der Waals surface area contributed by atoms with Gasteiger partial charge >= 0.3 is 0 Å². The van der Waals surface area contributed by atoms with E-state index in [1.807, 2.05) is 24.4 Å². The van der Waals surface area contributed by atoms with Crippen LogP contribution in [0.3, 0.4) is 0 Å². The first-order chi connectivity index (χ1) is 11.0. The third-order valence-electron chi connectivity index (χ3n) is 4.98. The second kappa shape index (κ2) is 5.15. The third-order valence-corrected chi connectivity index (χ3v) is 6.80. The number of nitrogens with zero attached hydrogens (tertiary/aromatic N) is 3. The van der Waals surface area contributed by atoms with Crippen molar-refractivity contribution >= 4 is 10.0 Å². The molecule has 2 aromatic rings. The van der Waals surface area contributed by atoms with E-state index in [2.05, 4.69) is 15.6 Å². The molecule has 0 amide bonds. The van der Waals surface area contributed by atoms with Crippen molar-refractivity contribution in [1.82, 2.24) is 13.9 Å². The lowest BCUT2D eigenvalue weighted by molar-refractivity contribution is 0.126. The summed E-state index contributed by atoms with van der Waals surface area (Å²) in [5.74, 6) is -0.114. The predicted octanol–water partition coefficient (Wildman–Crippen LogP) is 1.10. The highest BCUT2D eigenvalue weighted by Crippen LogP contribution is 2.45. The maximum absolute atomic E-state index is 12.1. The van der Waals surface area contributed by atoms with Gasteiger partial charge in [-0.3, -0.25) is 0 Å². The van der Waals surface area contributed by atoms with Crippen LogP contribution in [0.25, 0.3) is 11.3 Å². The Morgan fingerprint density at radius 1 is 1.30 bits per heavy atom. The molecular formula is C16H19N3O3S. The molecule has 2 aliphatic rings. The van der Waals surface area contributed by atoms with Gasteiger partial charge in [0.25, 0.3) is 0 Å². The first kappa shape index (κ1) is 14.9. The Morgan fingerprint density at radius 3 is 2.87 bits per heavy atom. The van der Waals surface area contributed by atoms with Gasteiger partial charge in [0.15, 0.2) is 0 Å². The van der Waals surface area contributed by atoms with Gasteiger partial charge in [-0.25, -0.2) is 13.4 Å². The smallest absolute Gasteiger partial charge is 0.213 e. The molecule has 0 unspecified atom stereocenters. The van der Waals surface area contributed by atoms with E-state index < -0.39 is 16.1 Å². The largest absolute Gasteiger partial charge is 0.391 e. The van der Waals surface area contributed by atoms with Crippen molar-refractivity contribution in [2.45, 2.75) is 19.1 Å². The quantitative estimate of drug-likeness (QED) is 0.912. The topological polar surface area (TPSA) is 75.4 Å². The lowest BCUT2D eigenvalue weighted by Crippen LogP contribution is -2.31. The molecule has 0 bridgehead atoms. The van der Waals surface area contributed by atoms with Gasteiger partial charge in [0.2, 0.25) is 10.0 Å². The van der Waals surface area contributed by atoms with Crippen molar-refractivity contribution < 1.29 is 13.5 Å². The van der Waals surface area contributed by atoms with Gasteiger partial charge in [-0.2, -0.15) is 4.31 Å². The van der Waals surface area contributed by atoms with Crippen molar-refractivity contribution in [2.24, 2.45) is 5.92 Å². The van der Waals surface area contributed by atoms with Crippen LogP contribution >= 0.6 is 0 Å². The molecule has 23 heavy (non-hydrogen) atoms. The number of sulfonamides is 1. The second-order valence-electron chi connectivity index (χ2n) is 6.17. The number of hydrogen-bond donors (Lipinski definition) is 1. The molecule has 1 saturated heterocycles. The first-order valence-corrected chi connectivity index (χ1v) is 9.41. The summed E-state index contributed by atoms with van der Waals surface area (Å²) in [4.78, 5) is 4.22. The van der Waals surface area contributed by atoms with Crippen LogP contribution in [-0.2, 0) is 10.0 Å². The van der Waals surface area contributed by atoms with E-state index >= 15 is 0 Å². The zero-order valence-electron chi connectivity index (χ0n) is 12.8. The van der Waals surface area contributed by atoms with E-state index in [0.29, 0.717) is 6.54 Å². The summed E-state index contributed by atoms with van der Waals surface area (Å²) >= 11 is 0. The molecule has 0 aliphatic carbocycles. The summed E-state index contributed by atoms with van der Waals surface area (Å²) < 4.78 is 27.8. The summed E-state index contributed by atoms with van der Waals surface area (Å²) in [6.07, 6.45) is 2.91. The Bertz CT molecular complexity index is 846. The van der Waals surface area contributed by atoms with E-state index in [1.54, 1.807) is 13.3 Å². The molecule has 122 valence electrons. The maximum Gasteiger partial charge on any atom is 0.213 e. The van der Waals surface area contributed by atoms with E-state index in [4.69, 9.17) is 0 Å². The Kier molecular flexibility index (Phi) is 3.33. The summed E-state index contributed by atoms with van der Waals surface area (Å²) in [6, 6.07) is 7.99. The number of aliphatic hydroxyl groups excluding tert-OH is 1. The highest BCUT2D eigenvalue weighted by molar-refractivity contribution is 7.89. The van der Waals surface area contributed by atoms with Gasteiger partial charge in [-0.05, 0) is 12.5 Å². The third kappa shape index (κ3) is 2.14. The second-order valence-corrected chi connectivity index (χ2v) is 8.42. The molecule has 0 saturated carbocycles. The summed E-state index contributed by atoms with van der Waals surface area (Å²) in [5.41, 5.74) is 3.26. The Balaban J connectivity index is 1.75. The standard InChI is InChI=1S/C16H19N3O3S/c1-2-23(21,22)18-8-13(15(20)9-18)16-12-6-4-3-5-11(12)14-7-17-10-19(14)16/h3-7,10,13,15-16,20H,2,8-9H2,1H3/t13-,15-,16+/m0/s1. The average molecular weight is 333 g/mol. The molecule has 0 radical (unpaired) electrons. The number of rotatable bonds is 3. The van der Waals surface area contributed by atoms with E-state index in [9.17, 15) is 13.5 Å². The lowest BCUT2D eigenvalue weighted by Gasteiger charge is -2.24. The summed E-state index contributed by atoms with van der Waals surface area (Å²) in [6.45, 7) is 2.14. The van der Waals surface area contributed by atoms with Gasteiger partial charge < -0.3 is 9.67 Å². The fourth-order valence-electron chi connectivity index (χ4n) is 3.81. The van der Waals surface area contributed by atoms with Gasteiger partial charge in [0.1, 0.15) is 0 Å². The fraction of sp³-hybridized carbons (Fsp3) is 0.438. The normalized spacial score (nSPS) is 27.1. The van der Waals surface area contributed by atoms with Gasteiger partial charge in [-0.15, -0.1) is 0 Å². The molecule has 0 spiro atoms. The van der Waals surface area contributed by atoms with Crippen LogP contribution in [0, 0.1) is 5.92 Å². The molecule has 6 nitrogen and oxygen atoms in total. The highest BCUT2D eigenvalue weighted by atomic mass is 32.2. The molecule has 3 heterocycles. The van der Waals surface area contributed by atoms with Crippen LogP contribution in [0.15, 0.2) is 36.8 Å². The fourth-order valence-corrected chi connectivity index (χ4v) is 4.95. The van der Waals surface area contributed by atoms with Gasteiger partial charge in [-0.1, -0.05) is 24.3 Å². The van der Waals surface area contributed by atoms with Crippen LogP contribution in [-0.4, -0.2) is 52.3 Å². The summed E-state index contributed by atoms with van der Waals surface area (Å²) in [5, 5.41) is 10.5. The molecular weight excluding hydrogens is 314 g/mol. The number of aromatic nitrogens is 2. The van der Waals surface area contributed by atoms with Crippen molar-refractivity contribution in [1.29, 1.82) is 0 Å². The van der Waals surface area contributed by atoms with Crippen molar-refractivity contribution in [3.05, 3.63) is 42.4 Å². The van der Waals surface area contributed by atoms with Crippen molar-refractivity contribution in [3.63, 3.8) is 0 Å². The SMILES string of the molecule is CCS(=O)(=O)N1C[C@H]([C@H]2c3ccccc3-c3cncn32)[C@@H](O)C1. The molecule has 1 fully saturated rings. The Morgan fingerprint density at radius 2 is 2.09 bits per heavy atom. The molecule has 7 heteroatoms. The van der Waals surface area contributed by atoms with E-state index in [-0.39, 0.29) is 24.3 Å². The number of aliphatic hydroxyl groups is 1. The number of hydrogen-bond acceptors (Lipinski definition) is 4. The molecule has 1 aromatic heterocycles. The lowest BCUT2D eigenvalue weighted by atomic mass is 9.90. The summed E-state index contributed by atoms with van der Waals surface area (Å²) in [7, 11) is -3.29. The highest BCUT2D eigenvalue weighted by Gasteiger charge is 2.45. The molecule has 4 rings (SSSR count). The van der Waals surface area contributed by atoms with Gasteiger partial charge in [0, 0.05) is 24.6 Å². The molecule has 3 atom stereocenters. The van der Waals surface area contributed by atoms with Crippen molar-refractivity contribution in [2.75, 3.05) is 18.8 Å². The molecule has 1 N–H and O–H groups in total. The van der Waals surface area contributed by atoms with Crippen LogP contribution in [0.4, 0.5) is 0 Å². The van der Waals surface area contributed by atoms with E-state index in [0.717, 1.165) is 16.8 Å². The maximum atomic E-state index is 12.1. The number of imidazole rings is 1. The molecule has 1 aromatic carbocycles. The van der Waals surface area contributed by atoms with Crippen LogP contribution < -0.4 is 0 Å². The minimum atomic E-state index is -3.29. The monoisotopic (exact) mass is 333 g/mol. The Hall–Kier alpha value is -1.70. The number of benzene rings is 1. The number of β-amino-alcohol motifs (C(OH)–C–C–N with tert-alkyl or cyclic N) is 1. The van der Waals surface area contributed by atoms with Crippen LogP contribution in [0.1, 0.15) is 18.5 Å². The Labute approximate surface area is 135 Å². The van der Waals surface area contributed by atoms with E-state index in [1.165, 1.54) is 4.31 Å². The minimum Gasteiger partial charge on any atom is -0.391 e. The average Bonchev–Trinajstić information content (AvgIpc) is 3.22.